The summed E-state index contributed by atoms with van der Waals surface area (Å²) in [6, 6.07) is 14.6. The number of nitro benzene ring substituents is 1. The number of hydrogen-bond donors (Lipinski definition) is 2. The molecular weight excluding hydrogens is 396 g/mol. The number of rotatable bonds is 8. The van der Waals surface area contributed by atoms with Crippen molar-refractivity contribution in [2.75, 3.05) is 28.6 Å². The molecule has 3 aromatic rings. The highest BCUT2D eigenvalue weighted by atomic mass is 16.6. The summed E-state index contributed by atoms with van der Waals surface area (Å²) in [5, 5.41) is 16.8. The molecule has 0 bridgehead atoms. The number of aryl methyl sites for hydroxylation is 1. The van der Waals surface area contributed by atoms with Crippen molar-refractivity contribution in [3.05, 3.63) is 76.1 Å². The number of nitrogens with one attached hydrogen (secondary N) is 2. The summed E-state index contributed by atoms with van der Waals surface area (Å²) >= 11 is 0. The average Bonchev–Trinajstić information content (AvgIpc) is 2.75. The summed E-state index contributed by atoms with van der Waals surface area (Å²) in [6.07, 6.45) is 0. The zero-order chi connectivity index (χ0) is 22.4. The summed E-state index contributed by atoms with van der Waals surface area (Å²) < 4.78 is 0. The summed E-state index contributed by atoms with van der Waals surface area (Å²) in [4.78, 5) is 33.7. The summed E-state index contributed by atoms with van der Waals surface area (Å²) in [6.45, 7) is 7.73. The number of carbonyl (C=O) groups excluding carboxylic acids is 1. The lowest BCUT2D eigenvalue weighted by molar-refractivity contribution is -0.384. The van der Waals surface area contributed by atoms with Crippen molar-refractivity contribution in [2.24, 2.45) is 0 Å². The van der Waals surface area contributed by atoms with Crippen LogP contribution in [0.1, 0.15) is 30.0 Å². The van der Waals surface area contributed by atoms with Gasteiger partial charge in [0.2, 0.25) is 0 Å². The third-order valence-corrected chi connectivity index (χ3v) is 4.67. The quantitative estimate of drug-likeness (QED) is 0.406. The molecule has 9 nitrogen and oxygen atoms in total. The van der Waals surface area contributed by atoms with E-state index in [0.29, 0.717) is 22.9 Å². The minimum atomic E-state index is -0.502. The largest absolute Gasteiger partial charge is 0.357 e. The number of amides is 1. The minimum Gasteiger partial charge on any atom is -0.357 e. The van der Waals surface area contributed by atoms with E-state index in [1.807, 2.05) is 25.1 Å². The molecule has 9 heteroatoms. The first-order valence-electron chi connectivity index (χ1n) is 9.93. The van der Waals surface area contributed by atoms with Crippen molar-refractivity contribution in [3.63, 3.8) is 0 Å². The first-order chi connectivity index (χ1) is 14.9. The van der Waals surface area contributed by atoms with Crippen molar-refractivity contribution in [1.29, 1.82) is 0 Å². The topological polar surface area (TPSA) is 113 Å². The van der Waals surface area contributed by atoms with E-state index in [0.717, 1.165) is 24.6 Å². The van der Waals surface area contributed by atoms with E-state index >= 15 is 0 Å². The Morgan fingerprint density at radius 2 is 1.61 bits per heavy atom. The Balaban J connectivity index is 1.68. The highest BCUT2D eigenvalue weighted by Gasteiger charge is 2.11. The van der Waals surface area contributed by atoms with Gasteiger partial charge in [-0.2, -0.15) is 0 Å². The van der Waals surface area contributed by atoms with Crippen LogP contribution in [0.4, 0.5) is 28.7 Å². The van der Waals surface area contributed by atoms with E-state index in [9.17, 15) is 14.9 Å². The van der Waals surface area contributed by atoms with Crippen molar-refractivity contribution < 1.29 is 9.72 Å². The molecule has 160 valence electrons. The van der Waals surface area contributed by atoms with E-state index in [-0.39, 0.29) is 11.6 Å². The Morgan fingerprint density at radius 1 is 1.00 bits per heavy atom. The monoisotopic (exact) mass is 420 g/mol. The highest BCUT2D eigenvalue weighted by Crippen LogP contribution is 2.22. The first kappa shape index (κ1) is 21.7. The van der Waals surface area contributed by atoms with Gasteiger partial charge in [-0.15, -0.1) is 0 Å². The Kier molecular flexibility index (Phi) is 6.76. The number of hydrogen-bond acceptors (Lipinski definition) is 7. The van der Waals surface area contributed by atoms with E-state index in [1.54, 1.807) is 12.1 Å². The summed E-state index contributed by atoms with van der Waals surface area (Å²) in [7, 11) is 0. The van der Waals surface area contributed by atoms with Gasteiger partial charge in [-0.05, 0) is 57.2 Å². The lowest BCUT2D eigenvalue weighted by atomic mass is 10.2. The predicted molar refractivity (Wildman–Crippen MR) is 121 cm³/mol. The van der Waals surface area contributed by atoms with E-state index < -0.39 is 4.92 Å². The van der Waals surface area contributed by atoms with E-state index in [2.05, 4.69) is 39.3 Å². The lowest BCUT2D eigenvalue weighted by Crippen LogP contribution is -2.23. The van der Waals surface area contributed by atoms with Gasteiger partial charge in [0.05, 0.1) is 4.92 Å². The number of non-ortho nitro benzene ring substituents is 1. The van der Waals surface area contributed by atoms with Crippen LogP contribution in [-0.2, 0) is 0 Å². The molecule has 0 atom stereocenters. The van der Waals surface area contributed by atoms with Gasteiger partial charge in [-0.3, -0.25) is 14.9 Å². The van der Waals surface area contributed by atoms with Crippen LogP contribution in [0.2, 0.25) is 0 Å². The molecule has 0 aliphatic heterocycles. The van der Waals surface area contributed by atoms with E-state index in [1.165, 1.54) is 24.3 Å². The van der Waals surface area contributed by atoms with Crippen molar-refractivity contribution in [1.82, 2.24) is 9.97 Å². The molecule has 1 heterocycles. The second-order valence-corrected chi connectivity index (χ2v) is 6.79. The SMILES string of the molecule is CCN(CC)c1cc(Nc2ccc(NC(=O)c3ccc([N+](=O)[O-])cc3)cc2)nc(C)n1. The maximum Gasteiger partial charge on any atom is 0.269 e. The van der Waals surface area contributed by atoms with E-state index in [4.69, 9.17) is 0 Å². The lowest BCUT2D eigenvalue weighted by Gasteiger charge is -2.20. The minimum absolute atomic E-state index is 0.0592. The van der Waals surface area contributed by atoms with Crippen LogP contribution in [0.3, 0.4) is 0 Å². The molecule has 1 aromatic heterocycles. The van der Waals surface area contributed by atoms with Crippen LogP contribution in [0.25, 0.3) is 0 Å². The van der Waals surface area contributed by atoms with Gasteiger partial charge >= 0.3 is 0 Å². The van der Waals surface area contributed by atoms with Crippen LogP contribution in [0.5, 0.6) is 0 Å². The predicted octanol–water partition coefficient (Wildman–Crippen LogP) is 4.54. The Hall–Kier alpha value is -4.01. The molecule has 3 rings (SSSR count). The standard InChI is InChI=1S/C22H24N6O3/c1-4-27(5-2)21-14-20(23-15(3)24-21)25-17-8-10-18(11-9-17)26-22(29)16-6-12-19(13-7-16)28(30)31/h6-14H,4-5H2,1-3H3,(H,26,29)(H,23,24,25). The number of anilines is 4. The average molecular weight is 420 g/mol. The molecule has 0 fully saturated rings. The fraction of sp³-hybridized carbons (Fsp3) is 0.227. The molecule has 1 amide bonds. The molecule has 0 saturated heterocycles. The molecule has 0 spiro atoms. The van der Waals surface area contributed by atoms with Gasteiger partial charge in [0.15, 0.2) is 0 Å². The maximum atomic E-state index is 12.3. The van der Waals surface area contributed by atoms with Gasteiger partial charge in [-0.25, -0.2) is 9.97 Å². The van der Waals surface area contributed by atoms with Gasteiger partial charge in [0.25, 0.3) is 11.6 Å². The highest BCUT2D eigenvalue weighted by molar-refractivity contribution is 6.04. The first-order valence-corrected chi connectivity index (χ1v) is 9.93. The smallest absolute Gasteiger partial charge is 0.269 e. The number of nitrogens with zero attached hydrogens (tertiary/aromatic N) is 4. The second-order valence-electron chi connectivity index (χ2n) is 6.79. The van der Waals surface area contributed by atoms with Gasteiger partial charge < -0.3 is 15.5 Å². The molecular formula is C22H24N6O3. The van der Waals surface area contributed by atoms with Crippen LogP contribution in [0.15, 0.2) is 54.6 Å². The fourth-order valence-electron chi connectivity index (χ4n) is 3.05. The maximum absolute atomic E-state index is 12.3. The molecule has 0 saturated carbocycles. The van der Waals surface area contributed by atoms with Crippen molar-refractivity contribution in [3.8, 4) is 0 Å². The van der Waals surface area contributed by atoms with Gasteiger partial charge in [0, 0.05) is 48.2 Å². The molecule has 2 aromatic carbocycles. The number of benzene rings is 2. The summed E-state index contributed by atoms with van der Waals surface area (Å²) in [5.74, 6) is 1.90. The molecule has 31 heavy (non-hydrogen) atoms. The Morgan fingerprint density at radius 3 is 2.19 bits per heavy atom. The molecule has 0 aliphatic rings. The fourth-order valence-corrected chi connectivity index (χ4v) is 3.05. The normalized spacial score (nSPS) is 10.4. The van der Waals surface area contributed by atoms with Gasteiger partial charge in [0.1, 0.15) is 17.5 Å². The number of carbonyl (C=O) groups is 1. The Bertz CT molecular complexity index is 1060. The molecule has 2 N–H and O–H groups in total. The molecule has 0 unspecified atom stereocenters. The second kappa shape index (κ2) is 9.66. The molecule has 0 radical (unpaired) electrons. The molecule has 0 aliphatic carbocycles. The number of aromatic nitrogens is 2. The number of nitro groups is 1. The zero-order valence-corrected chi connectivity index (χ0v) is 17.6. The van der Waals surface area contributed by atoms with Crippen LogP contribution in [-0.4, -0.2) is 33.9 Å². The summed E-state index contributed by atoms with van der Waals surface area (Å²) in [5.41, 5.74) is 1.71. The third kappa shape index (κ3) is 5.53. The van der Waals surface area contributed by atoms with Gasteiger partial charge in [-0.1, -0.05) is 0 Å². The Labute approximate surface area is 180 Å². The van der Waals surface area contributed by atoms with Crippen LogP contribution in [0, 0.1) is 17.0 Å². The zero-order valence-electron chi connectivity index (χ0n) is 17.6. The third-order valence-electron chi connectivity index (χ3n) is 4.67. The van der Waals surface area contributed by atoms with Crippen LogP contribution < -0.4 is 15.5 Å². The van der Waals surface area contributed by atoms with Crippen molar-refractivity contribution in [2.45, 2.75) is 20.8 Å². The van der Waals surface area contributed by atoms with Crippen molar-refractivity contribution >= 4 is 34.6 Å². The van der Waals surface area contributed by atoms with Crippen LogP contribution >= 0.6 is 0 Å².